The number of benzene rings is 3. The lowest BCUT2D eigenvalue weighted by atomic mass is 9.79. The van der Waals surface area contributed by atoms with Crippen LogP contribution in [0.4, 0.5) is 5.69 Å². The minimum Gasteiger partial charge on any atom is -0.481 e. The number of carbonyl (C=O) groups is 2. The molecule has 0 saturated carbocycles. The van der Waals surface area contributed by atoms with E-state index in [0.29, 0.717) is 16.8 Å². The summed E-state index contributed by atoms with van der Waals surface area (Å²) in [4.78, 5) is 27.3. The Kier molecular flexibility index (Phi) is 4.24. The quantitative estimate of drug-likeness (QED) is 0.747. The number of carbonyl (C=O) groups excluding carboxylic acids is 1. The number of carboxylic acid groups (broad SMARTS) is 1. The molecule has 0 unspecified atom stereocenters. The fourth-order valence-corrected chi connectivity index (χ4v) is 3.78. The van der Waals surface area contributed by atoms with E-state index in [0.717, 1.165) is 11.1 Å². The molecule has 0 saturated heterocycles. The highest BCUT2D eigenvalue weighted by Gasteiger charge is 2.44. The van der Waals surface area contributed by atoms with Crippen LogP contribution in [-0.2, 0) is 4.79 Å². The van der Waals surface area contributed by atoms with Gasteiger partial charge in [-0.3, -0.25) is 14.5 Å². The number of anilines is 1. The van der Waals surface area contributed by atoms with Crippen LogP contribution in [0.1, 0.15) is 39.0 Å². The van der Waals surface area contributed by atoms with Crippen molar-refractivity contribution in [1.82, 2.24) is 0 Å². The zero-order chi connectivity index (χ0) is 19.0. The minimum absolute atomic E-state index is 0.180. The lowest BCUT2D eigenvalue weighted by molar-refractivity contribution is -0.139. The zero-order valence-corrected chi connectivity index (χ0v) is 14.9. The van der Waals surface area contributed by atoms with Gasteiger partial charge in [0.2, 0.25) is 0 Å². The van der Waals surface area contributed by atoms with E-state index in [4.69, 9.17) is 0 Å². The van der Waals surface area contributed by atoms with Crippen LogP contribution < -0.4 is 4.90 Å². The predicted octanol–water partition coefficient (Wildman–Crippen LogP) is 4.56. The van der Waals surface area contributed by atoms with Crippen LogP contribution in [-0.4, -0.2) is 17.0 Å². The Hall–Kier alpha value is -3.40. The molecule has 3 aromatic rings. The van der Waals surface area contributed by atoms with Gasteiger partial charge in [0.1, 0.15) is 5.92 Å². The summed E-state index contributed by atoms with van der Waals surface area (Å²) in [5.74, 6) is -1.97. The maximum Gasteiger partial charge on any atom is 0.313 e. The molecule has 0 spiro atoms. The summed E-state index contributed by atoms with van der Waals surface area (Å²) in [6, 6.07) is 23.4. The van der Waals surface area contributed by atoms with Gasteiger partial charge in [-0.2, -0.15) is 0 Å². The molecule has 134 valence electrons. The molecular formula is C23H19NO3. The highest BCUT2D eigenvalue weighted by Crippen LogP contribution is 2.44. The van der Waals surface area contributed by atoms with Crippen molar-refractivity contribution in [3.05, 3.63) is 101 Å². The Labute approximate surface area is 157 Å². The third kappa shape index (κ3) is 2.89. The summed E-state index contributed by atoms with van der Waals surface area (Å²) in [6.07, 6.45) is 0. The molecule has 27 heavy (non-hydrogen) atoms. The molecule has 1 N–H and O–H groups in total. The van der Waals surface area contributed by atoms with Gasteiger partial charge in [0.15, 0.2) is 0 Å². The Balaban J connectivity index is 1.98. The topological polar surface area (TPSA) is 57.6 Å². The van der Waals surface area contributed by atoms with E-state index in [9.17, 15) is 14.7 Å². The van der Waals surface area contributed by atoms with Crippen molar-refractivity contribution >= 4 is 17.6 Å². The number of aryl methyl sites for hydroxylation is 1. The maximum atomic E-state index is 13.4. The highest BCUT2D eigenvalue weighted by atomic mass is 16.4. The average molecular weight is 357 g/mol. The Morgan fingerprint density at radius 1 is 0.889 bits per heavy atom. The average Bonchev–Trinajstić information content (AvgIpc) is 2.69. The summed E-state index contributed by atoms with van der Waals surface area (Å²) in [6.45, 7) is 1.98. The molecule has 0 radical (unpaired) electrons. The molecule has 0 aliphatic carbocycles. The fourth-order valence-electron chi connectivity index (χ4n) is 3.78. The van der Waals surface area contributed by atoms with Gasteiger partial charge in [-0.1, -0.05) is 66.2 Å². The number of amides is 1. The normalized spacial score (nSPS) is 18.9. The first kappa shape index (κ1) is 17.0. The summed E-state index contributed by atoms with van der Waals surface area (Å²) in [5, 5.41) is 10.1. The third-order valence-corrected chi connectivity index (χ3v) is 5.06. The molecule has 1 aliphatic heterocycles. The van der Waals surface area contributed by atoms with Gasteiger partial charge < -0.3 is 5.11 Å². The summed E-state index contributed by atoms with van der Waals surface area (Å²) in [5.41, 5.74) is 3.58. The largest absolute Gasteiger partial charge is 0.481 e. The molecule has 4 rings (SSSR count). The van der Waals surface area contributed by atoms with Crippen LogP contribution in [0.25, 0.3) is 0 Å². The number of nitrogens with zero attached hydrogens (tertiary/aromatic N) is 1. The molecule has 1 aliphatic rings. The van der Waals surface area contributed by atoms with Crippen LogP contribution >= 0.6 is 0 Å². The van der Waals surface area contributed by atoms with Crippen molar-refractivity contribution in [2.24, 2.45) is 0 Å². The van der Waals surface area contributed by atoms with E-state index in [1.165, 1.54) is 0 Å². The number of hydrogen-bond acceptors (Lipinski definition) is 2. The SMILES string of the molecule is Cc1ccc(N2C(=O)c3ccccc3[C@@H](C(=O)O)[C@H]2c2ccccc2)cc1. The van der Waals surface area contributed by atoms with E-state index in [-0.39, 0.29) is 5.91 Å². The molecular weight excluding hydrogens is 338 g/mol. The number of fused-ring (bicyclic) bond motifs is 1. The summed E-state index contributed by atoms with van der Waals surface area (Å²) >= 11 is 0. The summed E-state index contributed by atoms with van der Waals surface area (Å²) < 4.78 is 0. The van der Waals surface area contributed by atoms with Crippen molar-refractivity contribution in [3.63, 3.8) is 0 Å². The van der Waals surface area contributed by atoms with Crippen LogP contribution in [0.2, 0.25) is 0 Å². The van der Waals surface area contributed by atoms with E-state index in [1.54, 1.807) is 29.2 Å². The third-order valence-electron chi connectivity index (χ3n) is 5.06. The molecule has 0 aromatic heterocycles. The minimum atomic E-state index is -0.944. The highest BCUT2D eigenvalue weighted by molar-refractivity contribution is 6.10. The Morgan fingerprint density at radius 3 is 2.19 bits per heavy atom. The first-order valence-corrected chi connectivity index (χ1v) is 8.85. The van der Waals surface area contributed by atoms with Crippen molar-refractivity contribution in [1.29, 1.82) is 0 Å². The molecule has 0 bridgehead atoms. The lowest BCUT2D eigenvalue weighted by Crippen LogP contribution is -2.45. The van der Waals surface area contributed by atoms with Gasteiger partial charge in [-0.15, -0.1) is 0 Å². The van der Waals surface area contributed by atoms with Crippen molar-refractivity contribution in [3.8, 4) is 0 Å². The van der Waals surface area contributed by atoms with Gasteiger partial charge in [-0.25, -0.2) is 0 Å². The molecule has 0 fully saturated rings. The zero-order valence-electron chi connectivity index (χ0n) is 14.9. The maximum absolute atomic E-state index is 13.4. The smallest absolute Gasteiger partial charge is 0.313 e. The first-order valence-electron chi connectivity index (χ1n) is 8.85. The van der Waals surface area contributed by atoms with Crippen LogP contribution in [0, 0.1) is 6.92 Å². The lowest BCUT2D eigenvalue weighted by Gasteiger charge is -2.40. The second kappa shape index (κ2) is 6.72. The second-order valence-electron chi connectivity index (χ2n) is 6.77. The molecule has 1 heterocycles. The van der Waals surface area contributed by atoms with E-state index in [1.807, 2.05) is 61.5 Å². The summed E-state index contributed by atoms with van der Waals surface area (Å²) in [7, 11) is 0. The molecule has 1 amide bonds. The molecule has 2 atom stereocenters. The van der Waals surface area contributed by atoms with Crippen molar-refractivity contribution in [2.75, 3.05) is 4.90 Å². The molecule has 4 nitrogen and oxygen atoms in total. The Morgan fingerprint density at radius 2 is 1.52 bits per heavy atom. The van der Waals surface area contributed by atoms with E-state index < -0.39 is 17.9 Å². The van der Waals surface area contributed by atoms with E-state index >= 15 is 0 Å². The number of hydrogen-bond donors (Lipinski definition) is 1. The first-order chi connectivity index (χ1) is 13.1. The van der Waals surface area contributed by atoms with Gasteiger partial charge >= 0.3 is 5.97 Å². The monoisotopic (exact) mass is 357 g/mol. The fraction of sp³-hybridized carbons (Fsp3) is 0.130. The van der Waals surface area contributed by atoms with Crippen LogP contribution in [0.5, 0.6) is 0 Å². The van der Waals surface area contributed by atoms with Gasteiger partial charge in [0, 0.05) is 11.3 Å². The number of carboxylic acids is 1. The van der Waals surface area contributed by atoms with Gasteiger partial charge in [0.25, 0.3) is 5.91 Å². The number of rotatable bonds is 3. The van der Waals surface area contributed by atoms with E-state index in [2.05, 4.69) is 0 Å². The van der Waals surface area contributed by atoms with Gasteiger partial charge in [0.05, 0.1) is 6.04 Å². The van der Waals surface area contributed by atoms with Crippen LogP contribution in [0.3, 0.4) is 0 Å². The predicted molar refractivity (Wildman–Crippen MR) is 104 cm³/mol. The van der Waals surface area contributed by atoms with Gasteiger partial charge in [-0.05, 0) is 36.2 Å². The van der Waals surface area contributed by atoms with Crippen molar-refractivity contribution in [2.45, 2.75) is 18.9 Å². The Bertz CT molecular complexity index is 996. The second-order valence-corrected chi connectivity index (χ2v) is 6.77. The standard InChI is InChI=1S/C23H19NO3/c1-15-11-13-17(14-12-15)24-21(16-7-3-2-4-8-16)20(23(26)27)18-9-5-6-10-19(18)22(24)25/h2-14,20-21H,1H3,(H,26,27)/t20-,21-/m1/s1. The number of aliphatic carboxylic acids is 1. The van der Waals surface area contributed by atoms with Crippen molar-refractivity contribution < 1.29 is 14.7 Å². The molecule has 3 aromatic carbocycles. The molecule has 4 heteroatoms. The van der Waals surface area contributed by atoms with Crippen LogP contribution in [0.15, 0.2) is 78.9 Å².